The summed E-state index contributed by atoms with van der Waals surface area (Å²) in [6.07, 6.45) is 1.31. The monoisotopic (exact) mass is 364 g/mol. The summed E-state index contributed by atoms with van der Waals surface area (Å²) in [5.74, 6) is -0.200. The van der Waals surface area contributed by atoms with Gasteiger partial charge in [-0.25, -0.2) is 14.4 Å². The van der Waals surface area contributed by atoms with Gasteiger partial charge in [0.05, 0.1) is 0 Å². The van der Waals surface area contributed by atoms with Crippen LogP contribution in [0.3, 0.4) is 0 Å². The van der Waals surface area contributed by atoms with E-state index in [1.165, 1.54) is 24.0 Å². The molecule has 0 unspecified atom stereocenters. The number of halogens is 1. The number of benzene rings is 2. The van der Waals surface area contributed by atoms with Crippen LogP contribution < -0.4 is 10.6 Å². The maximum atomic E-state index is 13.0. The van der Waals surface area contributed by atoms with E-state index in [9.17, 15) is 9.18 Å². The van der Waals surface area contributed by atoms with Gasteiger partial charge in [0.15, 0.2) is 0 Å². The zero-order valence-electron chi connectivity index (χ0n) is 15.5. The van der Waals surface area contributed by atoms with Crippen molar-refractivity contribution in [2.45, 2.75) is 26.2 Å². The number of nitrogens with zero attached hydrogens (tertiary/aromatic N) is 2. The lowest BCUT2D eigenvalue weighted by atomic mass is 9.87. The van der Waals surface area contributed by atoms with Crippen molar-refractivity contribution in [1.82, 2.24) is 9.97 Å². The average Bonchev–Trinajstić information content (AvgIpc) is 2.63. The van der Waals surface area contributed by atoms with Crippen molar-refractivity contribution in [3.8, 4) is 0 Å². The zero-order chi connectivity index (χ0) is 19.4. The minimum Gasteiger partial charge on any atom is -0.340 e. The molecule has 6 heteroatoms. The predicted octanol–water partition coefficient (Wildman–Crippen LogP) is 4.91. The van der Waals surface area contributed by atoms with Gasteiger partial charge in [0.2, 0.25) is 0 Å². The molecule has 0 atom stereocenters. The maximum Gasteiger partial charge on any atom is 0.274 e. The summed E-state index contributed by atoms with van der Waals surface area (Å²) in [4.78, 5) is 20.6. The smallest absolute Gasteiger partial charge is 0.274 e. The van der Waals surface area contributed by atoms with Gasteiger partial charge >= 0.3 is 0 Å². The van der Waals surface area contributed by atoms with E-state index in [2.05, 4.69) is 41.4 Å². The van der Waals surface area contributed by atoms with Crippen LogP contribution in [0.5, 0.6) is 0 Å². The molecule has 1 aromatic heterocycles. The number of nitrogens with one attached hydrogen (secondary N) is 2. The molecule has 0 aliphatic rings. The van der Waals surface area contributed by atoms with E-state index in [4.69, 9.17) is 0 Å². The second-order valence-corrected chi connectivity index (χ2v) is 7.20. The molecule has 0 aliphatic carbocycles. The lowest BCUT2D eigenvalue weighted by Gasteiger charge is -2.19. The molecule has 0 bridgehead atoms. The maximum absolute atomic E-state index is 13.0. The summed E-state index contributed by atoms with van der Waals surface area (Å²) in [7, 11) is 0. The van der Waals surface area contributed by atoms with Crippen LogP contribution in [-0.2, 0) is 5.41 Å². The lowest BCUT2D eigenvalue weighted by molar-refractivity contribution is 0.102. The van der Waals surface area contributed by atoms with Gasteiger partial charge in [0, 0.05) is 17.4 Å². The van der Waals surface area contributed by atoms with E-state index >= 15 is 0 Å². The highest BCUT2D eigenvalue weighted by Crippen LogP contribution is 2.23. The van der Waals surface area contributed by atoms with Crippen molar-refractivity contribution in [2.75, 3.05) is 10.6 Å². The number of hydrogen-bond acceptors (Lipinski definition) is 4. The fraction of sp³-hybridized carbons (Fsp3) is 0.190. The molecule has 2 aromatic carbocycles. The van der Waals surface area contributed by atoms with E-state index in [-0.39, 0.29) is 22.8 Å². The first-order chi connectivity index (χ1) is 12.8. The summed E-state index contributed by atoms with van der Waals surface area (Å²) in [5, 5.41) is 5.85. The van der Waals surface area contributed by atoms with Crippen LogP contribution in [0, 0.1) is 5.82 Å². The molecule has 2 N–H and O–H groups in total. The van der Waals surface area contributed by atoms with Gasteiger partial charge in [-0.05, 0) is 47.4 Å². The largest absolute Gasteiger partial charge is 0.340 e. The van der Waals surface area contributed by atoms with E-state index in [1.54, 1.807) is 18.2 Å². The van der Waals surface area contributed by atoms with Crippen molar-refractivity contribution in [2.24, 2.45) is 0 Å². The number of anilines is 3. The van der Waals surface area contributed by atoms with Gasteiger partial charge in [-0.2, -0.15) is 0 Å². The molecule has 138 valence electrons. The SMILES string of the molecule is CC(C)(C)c1ccc(NC(=O)c2cc(Nc3ccc(F)cc3)ncn2)cc1. The normalized spacial score (nSPS) is 11.1. The fourth-order valence-electron chi connectivity index (χ4n) is 2.48. The van der Waals surface area contributed by atoms with Crippen molar-refractivity contribution in [3.63, 3.8) is 0 Å². The number of aromatic nitrogens is 2. The number of carbonyl (C=O) groups excluding carboxylic acids is 1. The van der Waals surface area contributed by atoms with Crippen LogP contribution in [0.4, 0.5) is 21.6 Å². The Morgan fingerprint density at radius 1 is 0.926 bits per heavy atom. The van der Waals surface area contributed by atoms with Gasteiger partial charge in [-0.3, -0.25) is 4.79 Å². The first-order valence-corrected chi connectivity index (χ1v) is 8.58. The lowest BCUT2D eigenvalue weighted by Crippen LogP contribution is -2.15. The van der Waals surface area contributed by atoms with Crippen LogP contribution in [0.15, 0.2) is 60.9 Å². The molecule has 1 amide bonds. The number of carbonyl (C=O) groups is 1. The van der Waals surface area contributed by atoms with Crippen LogP contribution in [-0.4, -0.2) is 15.9 Å². The van der Waals surface area contributed by atoms with Crippen LogP contribution in [0.25, 0.3) is 0 Å². The van der Waals surface area contributed by atoms with Crippen molar-refractivity contribution in [1.29, 1.82) is 0 Å². The first kappa shape index (κ1) is 18.5. The minimum atomic E-state index is -0.330. The van der Waals surface area contributed by atoms with Crippen molar-refractivity contribution < 1.29 is 9.18 Å². The van der Waals surface area contributed by atoms with E-state index in [1.807, 2.05) is 24.3 Å². The molecule has 0 spiro atoms. The molecule has 0 aliphatic heterocycles. The van der Waals surface area contributed by atoms with Crippen LogP contribution in [0.1, 0.15) is 36.8 Å². The molecule has 5 nitrogen and oxygen atoms in total. The van der Waals surface area contributed by atoms with E-state index in [0.717, 1.165) is 0 Å². The highest BCUT2D eigenvalue weighted by Gasteiger charge is 2.14. The Hall–Kier alpha value is -3.28. The molecule has 3 aromatic rings. The molecule has 0 fully saturated rings. The fourth-order valence-corrected chi connectivity index (χ4v) is 2.48. The third-order valence-corrected chi connectivity index (χ3v) is 4.03. The standard InChI is InChI=1S/C21H21FN4O/c1-21(2,3)14-4-8-17(9-5-14)26-20(27)18-12-19(24-13-23-18)25-16-10-6-15(22)7-11-16/h4-13H,1-3H3,(H,26,27)(H,23,24,25). The second-order valence-electron chi connectivity index (χ2n) is 7.20. The third-order valence-electron chi connectivity index (χ3n) is 4.03. The zero-order valence-corrected chi connectivity index (χ0v) is 15.5. The molecular weight excluding hydrogens is 343 g/mol. The summed E-state index contributed by atoms with van der Waals surface area (Å²) >= 11 is 0. The van der Waals surface area contributed by atoms with Gasteiger partial charge in [0.1, 0.15) is 23.7 Å². The quantitative estimate of drug-likeness (QED) is 0.690. The Labute approximate surface area is 157 Å². The molecule has 3 rings (SSSR count). The van der Waals surface area contributed by atoms with Crippen LogP contribution >= 0.6 is 0 Å². The van der Waals surface area contributed by atoms with Crippen molar-refractivity contribution >= 4 is 23.1 Å². The molecule has 27 heavy (non-hydrogen) atoms. The summed E-state index contributed by atoms with van der Waals surface area (Å²) < 4.78 is 13.0. The molecule has 0 saturated heterocycles. The Bertz CT molecular complexity index is 932. The van der Waals surface area contributed by atoms with Gasteiger partial charge in [-0.1, -0.05) is 32.9 Å². The Morgan fingerprint density at radius 3 is 2.19 bits per heavy atom. The molecule has 1 heterocycles. The van der Waals surface area contributed by atoms with Gasteiger partial charge in [-0.15, -0.1) is 0 Å². The number of hydrogen-bond donors (Lipinski definition) is 2. The second kappa shape index (κ2) is 7.53. The number of rotatable bonds is 4. The molecule has 0 radical (unpaired) electrons. The summed E-state index contributed by atoms with van der Waals surface area (Å²) in [6, 6.07) is 15.2. The number of amides is 1. The topological polar surface area (TPSA) is 66.9 Å². The first-order valence-electron chi connectivity index (χ1n) is 8.58. The molecule has 0 saturated carbocycles. The Kier molecular flexibility index (Phi) is 5.16. The average molecular weight is 364 g/mol. The highest BCUT2D eigenvalue weighted by atomic mass is 19.1. The third kappa shape index (κ3) is 4.88. The molecular formula is C21H21FN4O. The predicted molar refractivity (Wildman–Crippen MR) is 105 cm³/mol. The highest BCUT2D eigenvalue weighted by molar-refractivity contribution is 6.03. The van der Waals surface area contributed by atoms with Gasteiger partial charge in [0.25, 0.3) is 5.91 Å². The Morgan fingerprint density at radius 2 is 1.56 bits per heavy atom. The minimum absolute atomic E-state index is 0.0517. The van der Waals surface area contributed by atoms with Crippen LogP contribution in [0.2, 0.25) is 0 Å². The van der Waals surface area contributed by atoms with E-state index in [0.29, 0.717) is 17.2 Å². The Balaban J connectivity index is 1.70. The summed E-state index contributed by atoms with van der Waals surface area (Å²) in [6.45, 7) is 6.41. The van der Waals surface area contributed by atoms with E-state index < -0.39 is 0 Å². The summed E-state index contributed by atoms with van der Waals surface area (Å²) in [5.41, 5.74) is 2.83. The van der Waals surface area contributed by atoms with Crippen molar-refractivity contribution in [3.05, 3.63) is 78.0 Å². The van der Waals surface area contributed by atoms with Gasteiger partial charge < -0.3 is 10.6 Å².